The molecule has 4 nitrogen and oxygen atoms in total. The highest BCUT2D eigenvalue weighted by atomic mass is 16.5. The van der Waals surface area contributed by atoms with Gasteiger partial charge in [0.1, 0.15) is 5.75 Å². The highest BCUT2D eigenvalue weighted by Gasteiger charge is 2.03. The van der Waals surface area contributed by atoms with Crippen LogP contribution in [0.4, 0.5) is 0 Å². The number of nitrogens with one attached hydrogen (secondary N) is 1. The smallest absolute Gasteiger partial charge is 0.257 e. The number of hydrogen-bond donors (Lipinski definition) is 2. The molecule has 0 aliphatic heterocycles. The van der Waals surface area contributed by atoms with Crippen LogP contribution in [0.3, 0.4) is 0 Å². The number of ether oxygens (including phenoxy) is 1. The largest absolute Gasteiger partial charge is 0.484 e. The first-order chi connectivity index (χ1) is 7.63. The predicted molar refractivity (Wildman–Crippen MR) is 63.2 cm³/mol. The molecule has 1 atom stereocenters. The number of rotatable bonds is 5. The second-order valence-electron chi connectivity index (χ2n) is 3.60. The van der Waals surface area contributed by atoms with E-state index in [4.69, 9.17) is 10.5 Å². The first-order valence-corrected chi connectivity index (χ1v) is 5.38. The maximum absolute atomic E-state index is 11.2. The van der Waals surface area contributed by atoms with Gasteiger partial charge >= 0.3 is 0 Å². The average Bonchev–Trinajstić information content (AvgIpc) is 2.27. The number of hydrogen-bond acceptors (Lipinski definition) is 3. The molecule has 16 heavy (non-hydrogen) atoms. The molecule has 0 spiro atoms. The first kappa shape index (κ1) is 12.5. The summed E-state index contributed by atoms with van der Waals surface area (Å²) in [6.07, 6.45) is 0. The van der Waals surface area contributed by atoms with E-state index < -0.39 is 0 Å². The van der Waals surface area contributed by atoms with E-state index in [1.54, 1.807) is 0 Å². The minimum atomic E-state index is -0.117. The lowest BCUT2D eigenvalue weighted by Crippen LogP contribution is -2.28. The molecule has 0 saturated heterocycles. The van der Waals surface area contributed by atoms with Crippen LogP contribution in [0.1, 0.15) is 25.5 Å². The summed E-state index contributed by atoms with van der Waals surface area (Å²) in [4.78, 5) is 11.2. The zero-order valence-corrected chi connectivity index (χ0v) is 9.69. The SMILES string of the molecule is CCNC(=O)COc1cccc([C@@H](C)N)c1. The standard InChI is InChI=1S/C12H18N2O2/c1-3-14-12(15)8-16-11-6-4-5-10(7-11)9(2)13/h4-7,9H,3,8,13H2,1-2H3,(H,14,15)/t9-/m1/s1. The number of likely N-dealkylation sites (N-methyl/N-ethyl adjacent to an activating group) is 1. The monoisotopic (exact) mass is 222 g/mol. The molecule has 0 bridgehead atoms. The quantitative estimate of drug-likeness (QED) is 0.787. The molecular weight excluding hydrogens is 204 g/mol. The zero-order chi connectivity index (χ0) is 12.0. The van der Waals surface area contributed by atoms with Crippen LogP contribution in [0.15, 0.2) is 24.3 Å². The van der Waals surface area contributed by atoms with Gasteiger partial charge in [0.15, 0.2) is 6.61 Å². The number of amides is 1. The maximum Gasteiger partial charge on any atom is 0.257 e. The van der Waals surface area contributed by atoms with Crippen molar-refractivity contribution in [2.45, 2.75) is 19.9 Å². The molecule has 0 heterocycles. The summed E-state index contributed by atoms with van der Waals surface area (Å²) in [7, 11) is 0. The number of carbonyl (C=O) groups is 1. The normalized spacial score (nSPS) is 11.9. The van der Waals surface area contributed by atoms with Crippen molar-refractivity contribution >= 4 is 5.91 Å². The summed E-state index contributed by atoms with van der Waals surface area (Å²) in [5.74, 6) is 0.551. The van der Waals surface area contributed by atoms with Gasteiger partial charge in [-0.1, -0.05) is 12.1 Å². The third-order valence-corrected chi connectivity index (χ3v) is 2.13. The highest BCUT2D eigenvalue weighted by molar-refractivity contribution is 5.77. The van der Waals surface area contributed by atoms with Crippen LogP contribution in [0, 0.1) is 0 Å². The zero-order valence-electron chi connectivity index (χ0n) is 9.69. The van der Waals surface area contributed by atoms with Gasteiger partial charge in [0.2, 0.25) is 0 Å². The Bertz CT molecular complexity index is 351. The van der Waals surface area contributed by atoms with Crippen molar-refractivity contribution in [1.82, 2.24) is 5.32 Å². The third-order valence-electron chi connectivity index (χ3n) is 2.13. The van der Waals surface area contributed by atoms with Crippen LogP contribution in [-0.4, -0.2) is 19.1 Å². The van der Waals surface area contributed by atoms with Gasteiger partial charge in [0.05, 0.1) is 0 Å². The van der Waals surface area contributed by atoms with Gasteiger partial charge in [-0.3, -0.25) is 4.79 Å². The van der Waals surface area contributed by atoms with Gasteiger partial charge in [-0.25, -0.2) is 0 Å². The molecular formula is C12H18N2O2. The highest BCUT2D eigenvalue weighted by Crippen LogP contribution is 2.17. The molecule has 0 radical (unpaired) electrons. The van der Waals surface area contributed by atoms with Gasteiger partial charge in [0.25, 0.3) is 5.91 Å². The third kappa shape index (κ3) is 3.90. The minimum Gasteiger partial charge on any atom is -0.484 e. The van der Waals surface area contributed by atoms with Crippen LogP contribution >= 0.6 is 0 Å². The Morgan fingerprint density at radius 2 is 2.31 bits per heavy atom. The fraction of sp³-hybridized carbons (Fsp3) is 0.417. The number of benzene rings is 1. The molecule has 1 aromatic carbocycles. The van der Waals surface area contributed by atoms with Crippen LogP contribution in [0.25, 0.3) is 0 Å². The molecule has 0 unspecified atom stereocenters. The molecule has 0 saturated carbocycles. The summed E-state index contributed by atoms with van der Waals surface area (Å²) in [5.41, 5.74) is 6.75. The Balaban J connectivity index is 2.54. The fourth-order valence-electron chi connectivity index (χ4n) is 1.28. The second kappa shape index (κ2) is 6.12. The van der Waals surface area contributed by atoms with Gasteiger partial charge in [-0.2, -0.15) is 0 Å². The molecule has 4 heteroatoms. The molecule has 0 aliphatic rings. The topological polar surface area (TPSA) is 64.3 Å². The lowest BCUT2D eigenvalue weighted by molar-refractivity contribution is -0.122. The first-order valence-electron chi connectivity index (χ1n) is 5.38. The van der Waals surface area contributed by atoms with E-state index in [1.165, 1.54) is 0 Å². The fourth-order valence-corrected chi connectivity index (χ4v) is 1.28. The van der Waals surface area contributed by atoms with Gasteiger partial charge in [-0.15, -0.1) is 0 Å². The van der Waals surface area contributed by atoms with Gasteiger partial charge < -0.3 is 15.8 Å². The molecule has 3 N–H and O–H groups in total. The van der Waals surface area contributed by atoms with Crippen molar-refractivity contribution < 1.29 is 9.53 Å². The van der Waals surface area contributed by atoms with Gasteiger partial charge in [0, 0.05) is 12.6 Å². The molecule has 88 valence electrons. The van der Waals surface area contributed by atoms with Crippen molar-refractivity contribution in [3.63, 3.8) is 0 Å². The summed E-state index contributed by atoms with van der Waals surface area (Å²) < 4.78 is 5.34. The average molecular weight is 222 g/mol. The Labute approximate surface area is 95.8 Å². The van der Waals surface area contributed by atoms with Crippen molar-refractivity contribution in [2.75, 3.05) is 13.2 Å². The van der Waals surface area contributed by atoms with Crippen molar-refractivity contribution in [2.24, 2.45) is 5.73 Å². The van der Waals surface area contributed by atoms with Crippen LogP contribution in [-0.2, 0) is 4.79 Å². The number of nitrogens with two attached hydrogens (primary N) is 1. The Hall–Kier alpha value is -1.55. The van der Waals surface area contributed by atoms with E-state index in [2.05, 4.69) is 5.32 Å². The number of carbonyl (C=O) groups excluding carboxylic acids is 1. The maximum atomic E-state index is 11.2. The van der Waals surface area contributed by atoms with Gasteiger partial charge in [-0.05, 0) is 31.5 Å². The summed E-state index contributed by atoms with van der Waals surface area (Å²) in [6.45, 7) is 4.43. The Kier molecular flexibility index (Phi) is 4.79. The van der Waals surface area contributed by atoms with E-state index >= 15 is 0 Å². The lowest BCUT2D eigenvalue weighted by atomic mass is 10.1. The predicted octanol–water partition coefficient (Wildman–Crippen LogP) is 1.22. The summed E-state index contributed by atoms with van der Waals surface area (Å²) in [5, 5.41) is 2.66. The van der Waals surface area contributed by atoms with E-state index in [0.717, 1.165) is 5.56 Å². The molecule has 1 aromatic rings. The summed E-state index contributed by atoms with van der Waals surface area (Å²) >= 11 is 0. The second-order valence-corrected chi connectivity index (χ2v) is 3.60. The van der Waals surface area contributed by atoms with E-state index in [-0.39, 0.29) is 18.6 Å². The molecule has 0 aromatic heterocycles. The van der Waals surface area contributed by atoms with Crippen LogP contribution in [0.5, 0.6) is 5.75 Å². The Morgan fingerprint density at radius 3 is 2.94 bits per heavy atom. The summed E-state index contributed by atoms with van der Waals surface area (Å²) in [6, 6.07) is 7.43. The van der Waals surface area contributed by atoms with E-state index in [0.29, 0.717) is 12.3 Å². The van der Waals surface area contributed by atoms with Crippen LogP contribution in [0.2, 0.25) is 0 Å². The van der Waals surface area contributed by atoms with Crippen molar-refractivity contribution in [1.29, 1.82) is 0 Å². The molecule has 1 rings (SSSR count). The van der Waals surface area contributed by atoms with E-state index in [1.807, 2.05) is 38.1 Å². The van der Waals surface area contributed by atoms with Crippen LogP contribution < -0.4 is 15.8 Å². The Morgan fingerprint density at radius 1 is 1.56 bits per heavy atom. The van der Waals surface area contributed by atoms with Crippen molar-refractivity contribution in [3.8, 4) is 5.75 Å². The molecule has 1 amide bonds. The van der Waals surface area contributed by atoms with Crippen molar-refractivity contribution in [3.05, 3.63) is 29.8 Å². The minimum absolute atomic E-state index is 0.0342. The van der Waals surface area contributed by atoms with E-state index in [9.17, 15) is 4.79 Å². The molecule has 0 aliphatic carbocycles. The lowest BCUT2D eigenvalue weighted by Gasteiger charge is -2.09. The molecule has 0 fully saturated rings.